The number of nitrogens with one attached hydrogen (secondary N) is 1. The van der Waals surface area contributed by atoms with Gasteiger partial charge in [-0.15, -0.1) is 0 Å². The van der Waals surface area contributed by atoms with E-state index in [1.807, 2.05) is 24.7 Å². The highest BCUT2D eigenvalue weighted by Gasteiger charge is 2.43. The maximum atomic E-state index is 6.29. The number of aryl methyl sites for hydroxylation is 1. The van der Waals surface area contributed by atoms with Crippen LogP contribution in [0.15, 0.2) is 36.9 Å². The Morgan fingerprint density at radius 3 is 3.17 bits per heavy atom. The van der Waals surface area contributed by atoms with Crippen molar-refractivity contribution in [2.45, 2.75) is 37.5 Å². The van der Waals surface area contributed by atoms with Crippen LogP contribution in [0.3, 0.4) is 0 Å². The average molecular weight is 327 g/mol. The summed E-state index contributed by atoms with van der Waals surface area (Å²) in [7, 11) is 2.06. The lowest BCUT2D eigenvalue weighted by Gasteiger charge is -2.39. The number of imidazole rings is 1. The third-order valence-electron chi connectivity index (χ3n) is 5.15. The molecule has 1 N–H and O–H groups in total. The van der Waals surface area contributed by atoms with Crippen molar-refractivity contribution >= 4 is 5.69 Å². The van der Waals surface area contributed by atoms with Gasteiger partial charge in [0.2, 0.25) is 0 Å². The summed E-state index contributed by atoms with van der Waals surface area (Å²) in [4.78, 5) is 11.1. The lowest BCUT2D eigenvalue weighted by Crippen LogP contribution is -2.48. The first kappa shape index (κ1) is 15.6. The molecule has 6 heteroatoms. The summed E-state index contributed by atoms with van der Waals surface area (Å²) >= 11 is 0. The third kappa shape index (κ3) is 3.30. The minimum absolute atomic E-state index is 0.0106. The van der Waals surface area contributed by atoms with Gasteiger partial charge in [0.25, 0.3) is 0 Å². The van der Waals surface area contributed by atoms with Crippen molar-refractivity contribution in [1.82, 2.24) is 19.4 Å². The van der Waals surface area contributed by atoms with Crippen LogP contribution >= 0.6 is 0 Å². The zero-order valence-electron chi connectivity index (χ0n) is 14.2. The molecule has 0 aromatic carbocycles. The molecule has 1 spiro atoms. The molecular weight excluding hydrogens is 302 g/mol. The summed E-state index contributed by atoms with van der Waals surface area (Å²) in [5.41, 5.74) is 1.06. The van der Waals surface area contributed by atoms with Crippen molar-refractivity contribution in [3.05, 3.63) is 42.7 Å². The molecule has 4 heterocycles. The van der Waals surface area contributed by atoms with Gasteiger partial charge in [-0.2, -0.15) is 0 Å². The Morgan fingerprint density at radius 1 is 1.42 bits per heavy atom. The molecule has 0 unspecified atom stereocenters. The van der Waals surface area contributed by atoms with Gasteiger partial charge >= 0.3 is 0 Å². The number of anilines is 1. The quantitative estimate of drug-likeness (QED) is 0.931. The number of hydrogen-bond acceptors (Lipinski definition) is 5. The molecule has 2 fully saturated rings. The topological polar surface area (TPSA) is 55.2 Å². The molecule has 2 saturated heterocycles. The minimum atomic E-state index is -0.0106. The minimum Gasteiger partial charge on any atom is -0.379 e. The van der Waals surface area contributed by atoms with Gasteiger partial charge in [0.05, 0.1) is 30.5 Å². The zero-order valence-corrected chi connectivity index (χ0v) is 14.2. The molecule has 2 atom stereocenters. The van der Waals surface area contributed by atoms with Crippen LogP contribution in [0.1, 0.15) is 25.1 Å². The van der Waals surface area contributed by atoms with E-state index in [9.17, 15) is 0 Å². The van der Waals surface area contributed by atoms with Crippen molar-refractivity contribution < 1.29 is 4.74 Å². The van der Waals surface area contributed by atoms with Crippen LogP contribution in [-0.2, 0) is 18.3 Å². The van der Waals surface area contributed by atoms with E-state index in [1.54, 1.807) is 6.20 Å². The summed E-state index contributed by atoms with van der Waals surface area (Å²) in [5.74, 6) is 1.12. The largest absolute Gasteiger partial charge is 0.379 e. The molecule has 2 aromatic heterocycles. The van der Waals surface area contributed by atoms with Crippen LogP contribution in [0.5, 0.6) is 0 Å². The van der Waals surface area contributed by atoms with E-state index >= 15 is 0 Å². The van der Waals surface area contributed by atoms with Crippen molar-refractivity contribution in [2.75, 3.05) is 25.0 Å². The molecule has 6 nitrogen and oxygen atoms in total. The maximum Gasteiger partial charge on any atom is 0.122 e. The Kier molecular flexibility index (Phi) is 4.24. The fourth-order valence-corrected chi connectivity index (χ4v) is 3.98. The molecule has 2 aliphatic rings. The normalized spacial score (nSPS) is 27.6. The van der Waals surface area contributed by atoms with Crippen molar-refractivity contribution in [2.24, 2.45) is 7.05 Å². The van der Waals surface area contributed by atoms with Crippen LogP contribution in [0.4, 0.5) is 5.69 Å². The molecule has 0 bridgehead atoms. The van der Waals surface area contributed by atoms with Crippen molar-refractivity contribution in [3.63, 3.8) is 0 Å². The Bertz CT molecular complexity index is 673. The molecule has 0 radical (unpaired) electrons. The first-order valence-corrected chi connectivity index (χ1v) is 8.72. The Balaban J connectivity index is 1.38. The van der Waals surface area contributed by atoms with Crippen LogP contribution in [0, 0.1) is 0 Å². The molecular formula is C18H25N5O. The second-order valence-electron chi connectivity index (χ2n) is 7.05. The Hall–Kier alpha value is -1.92. The standard InChI is InChI=1S/C18H25N5O/c1-22-9-7-20-17(22)12-23-8-3-5-18(14-23)10-16(13-24-18)21-15-4-2-6-19-11-15/h2,4,6-7,9,11,16,21H,3,5,8,10,12-14H2,1H3/t16-,18-/m1/s1. The summed E-state index contributed by atoms with van der Waals surface area (Å²) in [6.45, 7) is 3.78. The van der Waals surface area contributed by atoms with Gasteiger partial charge in [-0.1, -0.05) is 0 Å². The molecule has 24 heavy (non-hydrogen) atoms. The first-order chi connectivity index (χ1) is 11.7. The monoisotopic (exact) mass is 327 g/mol. The summed E-state index contributed by atoms with van der Waals surface area (Å²) < 4.78 is 8.39. The SMILES string of the molecule is Cn1ccnc1CN1CCC[C@@]2(C[C@@H](Nc3cccnc3)CO2)C1. The molecule has 128 valence electrons. The van der Waals surface area contributed by atoms with Gasteiger partial charge in [-0.05, 0) is 37.9 Å². The lowest BCUT2D eigenvalue weighted by atomic mass is 9.88. The van der Waals surface area contributed by atoms with Gasteiger partial charge in [-0.25, -0.2) is 4.98 Å². The molecule has 0 amide bonds. The van der Waals surface area contributed by atoms with Crippen molar-refractivity contribution in [3.8, 4) is 0 Å². The fraction of sp³-hybridized carbons (Fsp3) is 0.556. The smallest absolute Gasteiger partial charge is 0.122 e. The first-order valence-electron chi connectivity index (χ1n) is 8.72. The highest BCUT2D eigenvalue weighted by molar-refractivity contribution is 5.41. The fourth-order valence-electron chi connectivity index (χ4n) is 3.98. The maximum absolute atomic E-state index is 6.29. The Morgan fingerprint density at radius 2 is 2.38 bits per heavy atom. The number of piperidine rings is 1. The number of hydrogen-bond donors (Lipinski definition) is 1. The van der Waals surface area contributed by atoms with E-state index in [0.717, 1.165) is 50.6 Å². The Labute approximate surface area is 142 Å². The van der Waals surface area contributed by atoms with Crippen molar-refractivity contribution in [1.29, 1.82) is 0 Å². The van der Waals surface area contributed by atoms with E-state index in [1.165, 1.54) is 6.42 Å². The van der Waals surface area contributed by atoms with Gasteiger partial charge in [0, 0.05) is 38.4 Å². The second kappa shape index (κ2) is 6.53. The van der Waals surface area contributed by atoms with Crippen LogP contribution < -0.4 is 5.32 Å². The number of ether oxygens (including phenoxy) is 1. The van der Waals surface area contributed by atoms with Crippen LogP contribution in [0.25, 0.3) is 0 Å². The summed E-state index contributed by atoms with van der Waals surface area (Å²) in [5, 5.41) is 3.56. The molecule has 0 aliphatic carbocycles. The van der Waals surface area contributed by atoms with E-state index in [0.29, 0.717) is 6.04 Å². The van der Waals surface area contributed by atoms with Gasteiger partial charge in [0.15, 0.2) is 0 Å². The summed E-state index contributed by atoms with van der Waals surface area (Å²) in [6, 6.07) is 4.39. The number of pyridine rings is 1. The molecule has 4 rings (SSSR count). The highest BCUT2D eigenvalue weighted by Crippen LogP contribution is 2.36. The second-order valence-corrected chi connectivity index (χ2v) is 7.05. The number of nitrogens with zero attached hydrogens (tertiary/aromatic N) is 4. The number of rotatable bonds is 4. The van der Waals surface area contributed by atoms with Gasteiger partial charge in [-0.3, -0.25) is 9.88 Å². The molecule has 2 aromatic rings. The van der Waals surface area contributed by atoms with Crippen LogP contribution in [0.2, 0.25) is 0 Å². The highest BCUT2D eigenvalue weighted by atomic mass is 16.5. The number of aromatic nitrogens is 3. The molecule has 0 saturated carbocycles. The lowest BCUT2D eigenvalue weighted by molar-refractivity contribution is -0.0539. The van der Waals surface area contributed by atoms with E-state index in [4.69, 9.17) is 4.74 Å². The zero-order chi connectivity index (χ0) is 16.4. The van der Waals surface area contributed by atoms with E-state index in [2.05, 4.69) is 37.9 Å². The average Bonchev–Trinajstić information content (AvgIpc) is 3.16. The summed E-state index contributed by atoms with van der Waals surface area (Å²) in [6.07, 6.45) is 10.9. The third-order valence-corrected chi connectivity index (χ3v) is 5.15. The van der Waals surface area contributed by atoms with Crippen LogP contribution in [-0.4, -0.2) is 50.8 Å². The molecule has 2 aliphatic heterocycles. The van der Waals surface area contributed by atoms with Gasteiger partial charge < -0.3 is 14.6 Å². The van der Waals surface area contributed by atoms with E-state index in [-0.39, 0.29) is 5.60 Å². The predicted octanol–water partition coefficient (Wildman–Crippen LogP) is 2.05. The predicted molar refractivity (Wildman–Crippen MR) is 92.7 cm³/mol. The van der Waals surface area contributed by atoms with Gasteiger partial charge in [0.1, 0.15) is 5.82 Å². The van der Waals surface area contributed by atoms with E-state index < -0.39 is 0 Å². The number of likely N-dealkylation sites (tertiary alicyclic amines) is 1.